The van der Waals surface area contributed by atoms with Crippen molar-refractivity contribution in [2.24, 2.45) is 0 Å². The van der Waals surface area contributed by atoms with Crippen LogP contribution in [0.5, 0.6) is 11.5 Å². The average molecular weight is 502 g/mol. The van der Waals surface area contributed by atoms with Crippen molar-refractivity contribution in [3.05, 3.63) is 42.5 Å². The van der Waals surface area contributed by atoms with Gasteiger partial charge in [0.25, 0.3) is 0 Å². The Morgan fingerprint density at radius 3 is 2.74 bits per heavy atom. The molecule has 182 valence electrons. The third-order valence-corrected chi connectivity index (χ3v) is 7.62. The number of hydrogen-bond donors (Lipinski definition) is 0. The van der Waals surface area contributed by atoms with Crippen molar-refractivity contribution in [1.29, 1.82) is 0 Å². The number of fused-ring (bicyclic) bond motifs is 1. The van der Waals surface area contributed by atoms with Crippen molar-refractivity contribution in [3.8, 4) is 11.5 Å². The molecule has 0 spiro atoms. The summed E-state index contributed by atoms with van der Waals surface area (Å²) in [5, 5.41) is 0.726. The van der Waals surface area contributed by atoms with E-state index in [1.807, 2.05) is 54.3 Å². The van der Waals surface area contributed by atoms with Crippen LogP contribution in [-0.2, 0) is 9.53 Å². The van der Waals surface area contributed by atoms with Gasteiger partial charge in [0, 0.05) is 31.1 Å². The number of methoxy groups -OCH3 is 1. The number of ether oxygens (including phenoxy) is 3. The molecule has 0 unspecified atom stereocenters. The van der Waals surface area contributed by atoms with Crippen LogP contribution in [0.1, 0.15) is 13.3 Å². The normalized spacial score (nSPS) is 14.3. The minimum Gasteiger partial charge on any atom is -0.497 e. The fourth-order valence-electron chi connectivity index (χ4n) is 3.80. The lowest BCUT2D eigenvalue weighted by atomic mass is 10.3. The molecular formula is C25H31N3O4S2. The van der Waals surface area contributed by atoms with Crippen LogP contribution in [0, 0.1) is 0 Å². The van der Waals surface area contributed by atoms with Gasteiger partial charge in [-0.3, -0.25) is 14.6 Å². The zero-order chi connectivity index (χ0) is 23.8. The van der Waals surface area contributed by atoms with Crippen LogP contribution in [0.15, 0.2) is 47.4 Å². The van der Waals surface area contributed by atoms with Gasteiger partial charge in [0.1, 0.15) is 17.0 Å². The molecule has 9 heteroatoms. The van der Waals surface area contributed by atoms with E-state index >= 15 is 0 Å². The molecule has 1 aromatic heterocycles. The zero-order valence-electron chi connectivity index (χ0n) is 19.7. The number of thiazole rings is 1. The summed E-state index contributed by atoms with van der Waals surface area (Å²) in [4.78, 5) is 23.5. The Morgan fingerprint density at radius 2 is 2.00 bits per heavy atom. The standard InChI is InChI=1S/C25H31N3O4S2/c1-3-32-21-6-4-7-22-24(21)26-25(34-22)28(13-5-12-27-14-16-31-17-15-27)23(29)18-33-20-10-8-19(30-2)9-11-20/h4,6-11H,3,5,12-18H2,1-2H3. The lowest BCUT2D eigenvalue weighted by molar-refractivity contribution is -0.116. The summed E-state index contributed by atoms with van der Waals surface area (Å²) in [7, 11) is 1.65. The van der Waals surface area contributed by atoms with Gasteiger partial charge in [-0.25, -0.2) is 4.98 Å². The van der Waals surface area contributed by atoms with Crippen LogP contribution in [0.3, 0.4) is 0 Å². The Morgan fingerprint density at radius 1 is 1.21 bits per heavy atom. The number of rotatable bonds is 11. The first kappa shape index (κ1) is 24.8. The Balaban J connectivity index is 1.48. The predicted octanol–water partition coefficient (Wildman–Crippen LogP) is 4.55. The number of aromatic nitrogens is 1. The third-order valence-electron chi connectivity index (χ3n) is 5.58. The van der Waals surface area contributed by atoms with Crippen LogP contribution >= 0.6 is 23.1 Å². The number of morpholine rings is 1. The second-order valence-electron chi connectivity index (χ2n) is 7.85. The number of nitrogens with zero attached hydrogens (tertiary/aromatic N) is 3. The number of thioether (sulfide) groups is 1. The monoisotopic (exact) mass is 501 g/mol. The Bertz CT molecular complexity index is 1070. The fourth-order valence-corrected chi connectivity index (χ4v) is 5.60. The number of para-hydroxylation sites is 1. The van der Waals surface area contributed by atoms with Crippen molar-refractivity contribution in [2.75, 3.05) is 63.8 Å². The Hall–Kier alpha value is -2.33. The molecule has 0 N–H and O–H groups in total. The average Bonchev–Trinajstić information content (AvgIpc) is 3.31. The fraction of sp³-hybridized carbons (Fsp3) is 0.440. The highest BCUT2D eigenvalue weighted by atomic mass is 32.2. The molecule has 1 aliphatic rings. The molecule has 2 heterocycles. The molecule has 1 amide bonds. The zero-order valence-corrected chi connectivity index (χ0v) is 21.3. The number of benzene rings is 2. The van der Waals surface area contributed by atoms with E-state index in [2.05, 4.69) is 4.90 Å². The van der Waals surface area contributed by atoms with Crippen LogP contribution in [0.2, 0.25) is 0 Å². The van der Waals surface area contributed by atoms with E-state index in [1.54, 1.807) is 18.4 Å². The van der Waals surface area contributed by atoms with E-state index < -0.39 is 0 Å². The van der Waals surface area contributed by atoms with Gasteiger partial charge in [-0.2, -0.15) is 0 Å². The molecule has 2 aromatic carbocycles. The predicted molar refractivity (Wildman–Crippen MR) is 139 cm³/mol. The maximum atomic E-state index is 13.4. The van der Waals surface area contributed by atoms with Gasteiger partial charge in [-0.15, -0.1) is 11.8 Å². The van der Waals surface area contributed by atoms with Crippen LogP contribution in [0.4, 0.5) is 5.13 Å². The van der Waals surface area contributed by atoms with E-state index in [0.717, 1.165) is 71.0 Å². The van der Waals surface area contributed by atoms with Gasteiger partial charge in [-0.1, -0.05) is 17.4 Å². The molecule has 3 aromatic rings. The van der Waals surface area contributed by atoms with Gasteiger partial charge in [0.15, 0.2) is 5.13 Å². The molecule has 0 radical (unpaired) electrons. The van der Waals surface area contributed by atoms with Crippen molar-refractivity contribution in [1.82, 2.24) is 9.88 Å². The van der Waals surface area contributed by atoms with Crippen LogP contribution < -0.4 is 14.4 Å². The van der Waals surface area contributed by atoms with Crippen molar-refractivity contribution in [2.45, 2.75) is 18.2 Å². The first-order valence-electron chi connectivity index (χ1n) is 11.6. The van der Waals surface area contributed by atoms with E-state index in [1.165, 1.54) is 11.8 Å². The van der Waals surface area contributed by atoms with Crippen molar-refractivity contribution >= 4 is 44.4 Å². The summed E-state index contributed by atoms with van der Waals surface area (Å²) in [6.45, 7) is 7.55. The molecule has 0 bridgehead atoms. The van der Waals surface area contributed by atoms with Gasteiger partial charge in [0.2, 0.25) is 5.91 Å². The number of anilines is 1. The molecule has 1 saturated heterocycles. The highest BCUT2D eigenvalue weighted by Gasteiger charge is 2.22. The second-order valence-corrected chi connectivity index (χ2v) is 9.91. The van der Waals surface area contributed by atoms with E-state index in [9.17, 15) is 4.79 Å². The maximum absolute atomic E-state index is 13.4. The molecule has 0 atom stereocenters. The largest absolute Gasteiger partial charge is 0.497 e. The molecule has 34 heavy (non-hydrogen) atoms. The highest BCUT2D eigenvalue weighted by molar-refractivity contribution is 8.00. The topological polar surface area (TPSA) is 64.1 Å². The van der Waals surface area contributed by atoms with Gasteiger partial charge in [-0.05, 0) is 49.7 Å². The minimum absolute atomic E-state index is 0.0554. The van der Waals surface area contributed by atoms with Crippen LogP contribution in [0.25, 0.3) is 10.2 Å². The number of amides is 1. The summed E-state index contributed by atoms with van der Waals surface area (Å²) < 4.78 is 17.5. The van der Waals surface area contributed by atoms with Crippen molar-refractivity contribution < 1.29 is 19.0 Å². The van der Waals surface area contributed by atoms with Gasteiger partial charge in [0.05, 0.1) is 37.4 Å². The molecule has 1 aliphatic heterocycles. The lowest BCUT2D eigenvalue weighted by Crippen LogP contribution is -2.39. The number of carbonyl (C=O) groups is 1. The summed E-state index contributed by atoms with van der Waals surface area (Å²) in [5.41, 5.74) is 0.818. The molecule has 0 saturated carbocycles. The van der Waals surface area contributed by atoms with Gasteiger partial charge >= 0.3 is 0 Å². The smallest absolute Gasteiger partial charge is 0.239 e. The first-order valence-corrected chi connectivity index (χ1v) is 13.4. The van der Waals surface area contributed by atoms with E-state index in [-0.39, 0.29) is 5.91 Å². The SMILES string of the molecule is CCOc1cccc2sc(N(CCCN3CCOCC3)C(=O)CSc3ccc(OC)cc3)nc12. The summed E-state index contributed by atoms with van der Waals surface area (Å²) in [6, 6.07) is 13.7. The van der Waals surface area contributed by atoms with Crippen LogP contribution in [-0.4, -0.2) is 74.7 Å². The van der Waals surface area contributed by atoms with E-state index in [4.69, 9.17) is 19.2 Å². The summed E-state index contributed by atoms with van der Waals surface area (Å²) in [5.74, 6) is 1.97. The highest BCUT2D eigenvalue weighted by Crippen LogP contribution is 2.35. The van der Waals surface area contributed by atoms with E-state index in [0.29, 0.717) is 18.9 Å². The lowest BCUT2D eigenvalue weighted by Gasteiger charge is -2.27. The molecule has 4 rings (SSSR count). The molecular weight excluding hydrogens is 470 g/mol. The summed E-state index contributed by atoms with van der Waals surface area (Å²) in [6.07, 6.45) is 0.882. The molecule has 7 nitrogen and oxygen atoms in total. The Labute approximate surface area is 209 Å². The first-order chi connectivity index (χ1) is 16.7. The number of carbonyl (C=O) groups excluding carboxylic acids is 1. The molecule has 1 fully saturated rings. The Kier molecular flexibility index (Phi) is 9.04. The van der Waals surface area contributed by atoms with Crippen molar-refractivity contribution in [3.63, 3.8) is 0 Å². The quantitative estimate of drug-likeness (QED) is 0.357. The van der Waals surface area contributed by atoms with Gasteiger partial charge < -0.3 is 14.2 Å². The minimum atomic E-state index is 0.0554. The third kappa shape index (κ3) is 6.41. The number of hydrogen-bond acceptors (Lipinski definition) is 8. The molecule has 0 aliphatic carbocycles. The second kappa shape index (κ2) is 12.4. The maximum Gasteiger partial charge on any atom is 0.239 e. The summed E-state index contributed by atoms with van der Waals surface area (Å²) >= 11 is 3.07.